The Balaban J connectivity index is 1.35. The summed E-state index contributed by atoms with van der Waals surface area (Å²) in [6.07, 6.45) is 3.33. The molecule has 154 valence electrons. The van der Waals surface area contributed by atoms with Gasteiger partial charge in [-0.15, -0.1) is 0 Å². The largest absolute Gasteiger partial charge is 0.376 e. The third-order valence-corrected chi connectivity index (χ3v) is 4.71. The highest BCUT2D eigenvalue weighted by molar-refractivity contribution is 5.87. The van der Waals surface area contributed by atoms with Crippen molar-refractivity contribution in [2.24, 2.45) is 5.10 Å². The fourth-order valence-electron chi connectivity index (χ4n) is 3.16. The van der Waals surface area contributed by atoms with Gasteiger partial charge in [0.2, 0.25) is 0 Å². The van der Waals surface area contributed by atoms with Gasteiger partial charge >= 0.3 is 0 Å². The van der Waals surface area contributed by atoms with Crippen molar-refractivity contribution < 1.29 is 9.72 Å². The minimum Gasteiger partial charge on any atom is -0.376 e. The topological polar surface area (TPSA) is 102 Å². The summed E-state index contributed by atoms with van der Waals surface area (Å²) in [5, 5.41) is 20.1. The molecule has 0 radical (unpaired) electrons. The number of rotatable bonds is 7. The molecule has 0 spiro atoms. The Hall–Kier alpha value is -4.46. The number of carbonyl (C=O) groups is 1. The molecule has 0 fully saturated rings. The Morgan fingerprint density at radius 3 is 2.55 bits per heavy atom. The predicted octanol–water partition coefficient (Wildman–Crippen LogP) is 4.10. The number of nitro benzene ring substituents is 1. The van der Waals surface area contributed by atoms with Crippen molar-refractivity contribution in [3.63, 3.8) is 0 Å². The maximum Gasteiger partial charge on any atom is 0.269 e. The zero-order valence-corrected chi connectivity index (χ0v) is 16.4. The molecule has 31 heavy (non-hydrogen) atoms. The van der Waals surface area contributed by atoms with Crippen LogP contribution in [-0.4, -0.2) is 28.2 Å². The number of carbonyl (C=O) groups excluding carboxylic acids is 1. The molecule has 0 saturated heterocycles. The second kappa shape index (κ2) is 8.91. The maximum atomic E-state index is 12.1. The molecule has 0 bridgehead atoms. The van der Waals surface area contributed by atoms with Crippen LogP contribution in [0.2, 0.25) is 0 Å². The van der Waals surface area contributed by atoms with Gasteiger partial charge in [0, 0.05) is 29.7 Å². The van der Waals surface area contributed by atoms with Gasteiger partial charge in [-0.05, 0) is 47.2 Å². The van der Waals surface area contributed by atoms with Gasteiger partial charge in [-0.25, -0.2) is 5.43 Å². The van der Waals surface area contributed by atoms with E-state index in [9.17, 15) is 14.9 Å². The number of nitrogens with one attached hydrogen (secondary N) is 2. The van der Waals surface area contributed by atoms with E-state index in [1.54, 1.807) is 12.1 Å². The van der Waals surface area contributed by atoms with Gasteiger partial charge < -0.3 is 9.88 Å². The third-order valence-electron chi connectivity index (χ3n) is 4.71. The van der Waals surface area contributed by atoms with Gasteiger partial charge in [0.05, 0.1) is 23.4 Å². The van der Waals surface area contributed by atoms with Crippen LogP contribution in [-0.2, 0) is 4.79 Å². The van der Waals surface area contributed by atoms with Crippen molar-refractivity contribution in [3.8, 4) is 5.69 Å². The van der Waals surface area contributed by atoms with E-state index in [4.69, 9.17) is 0 Å². The summed E-state index contributed by atoms with van der Waals surface area (Å²) in [4.78, 5) is 22.5. The number of non-ortho nitro benzene ring substituents is 1. The van der Waals surface area contributed by atoms with E-state index >= 15 is 0 Å². The highest BCUT2D eigenvalue weighted by Gasteiger charge is 2.07. The first-order valence-electron chi connectivity index (χ1n) is 9.57. The molecule has 0 unspecified atom stereocenters. The Kier molecular flexibility index (Phi) is 5.70. The summed E-state index contributed by atoms with van der Waals surface area (Å²) in [5.41, 5.74) is 4.84. The Morgan fingerprint density at radius 1 is 1.00 bits per heavy atom. The molecule has 8 nitrogen and oxygen atoms in total. The molecule has 3 aromatic carbocycles. The zero-order chi connectivity index (χ0) is 21.6. The molecular formula is C23H19N5O3. The second-order valence-electron chi connectivity index (χ2n) is 6.79. The molecular weight excluding hydrogens is 394 g/mol. The summed E-state index contributed by atoms with van der Waals surface area (Å²) in [7, 11) is 0. The van der Waals surface area contributed by atoms with E-state index in [0.717, 1.165) is 27.8 Å². The first-order valence-corrected chi connectivity index (χ1v) is 9.57. The molecule has 0 aliphatic heterocycles. The van der Waals surface area contributed by atoms with Crippen LogP contribution in [0.15, 0.2) is 90.2 Å². The number of hydrogen-bond acceptors (Lipinski definition) is 5. The summed E-state index contributed by atoms with van der Waals surface area (Å²) in [5.74, 6) is -0.280. The Bertz CT molecular complexity index is 1260. The van der Waals surface area contributed by atoms with Crippen molar-refractivity contribution in [1.82, 2.24) is 9.99 Å². The lowest BCUT2D eigenvalue weighted by Gasteiger charge is -2.07. The molecule has 8 heteroatoms. The molecule has 0 atom stereocenters. The van der Waals surface area contributed by atoms with E-state index in [2.05, 4.69) is 15.8 Å². The van der Waals surface area contributed by atoms with Crippen LogP contribution in [0.4, 0.5) is 11.4 Å². The standard InChI is InChI=1S/C23H19N5O3/c29-23(16-24-19-8-7-17-4-1-2-5-18(17)14-19)26-25-15-22-6-3-13-27(22)20-9-11-21(12-10-20)28(30)31/h1-15,24H,16H2,(H,26,29)/b25-15+. The number of hydrogen-bond donors (Lipinski definition) is 2. The zero-order valence-electron chi connectivity index (χ0n) is 16.4. The van der Waals surface area contributed by atoms with Gasteiger partial charge in [-0.3, -0.25) is 14.9 Å². The smallest absolute Gasteiger partial charge is 0.269 e. The third kappa shape index (κ3) is 4.76. The normalized spacial score (nSPS) is 11.0. The maximum absolute atomic E-state index is 12.1. The molecule has 2 N–H and O–H groups in total. The number of benzene rings is 3. The molecule has 4 rings (SSSR count). The minimum atomic E-state index is -0.441. The molecule has 0 aliphatic rings. The molecule has 0 saturated carbocycles. The van der Waals surface area contributed by atoms with Crippen LogP contribution in [0.25, 0.3) is 16.5 Å². The predicted molar refractivity (Wildman–Crippen MR) is 121 cm³/mol. The lowest BCUT2D eigenvalue weighted by molar-refractivity contribution is -0.384. The van der Waals surface area contributed by atoms with Gasteiger partial charge in [0.25, 0.3) is 11.6 Å². The minimum absolute atomic E-state index is 0.0253. The fourth-order valence-corrected chi connectivity index (χ4v) is 3.16. The molecule has 0 aliphatic carbocycles. The number of hydrazone groups is 1. The summed E-state index contributed by atoms with van der Waals surface area (Å²) < 4.78 is 1.81. The molecule has 1 amide bonds. The number of anilines is 1. The van der Waals surface area contributed by atoms with E-state index in [1.165, 1.54) is 18.3 Å². The number of nitrogens with zero attached hydrogens (tertiary/aromatic N) is 3. The Labute approximate surface area is 178 Å². The average molecular weight is 413 g/mol. The van der Waals surface area contributed by atoms with E-state index in [0.29, 0.717) is 0 Å². The molecule has 1 aromatic heterocycles. The quantitative estimate of drug-likeness (QED) is 0.270. The first kappa shape index (κ1) is 19.8. The van der Waals surface area contributed by atoms with Gasteiger partial charge in [-0.1, -0.05) is 30.3 Å². The number of nitro groups is 1. The second-order valence-corrected chi connectivity index (χ2v) is 6.79. The lowest BCUT2D eigenvalue weighted by atomic mass is 10.1. The number of amides is 1. The highest BCUT2D eigenvalue weighted by atomic mass is 16.6. The van der Waals surface area contributed by atoms with Crippen LogP contribution in [0.3, 0.4) is 0 Å². The molecule has 4 aromatic rings. The lowest BCUT2D eigenvalue weighted by Crippen LogP contribution is -2.26. The fraction of sp³-hybridized carbons (Fsp3) is 0.0435. The summed E-state index contributed by atoms with van der Waals surface area (Å²) in [6.45, 7) is 0.0824. The van der Waals surface area contributed by atoms with Gasteiger partial charge in [0.1, 0.15) is 0 Å². The number of fused-ring (bicyclic) bond motifs is 1. The average Bonchev–Trinajstić information content (AvgIpc) is 3.26. The highest BCUT2D eigenvalue weighted by Crippen LogP contribution is 2.19. The van der Waals surface area contributed by atoms with Crippen LogP contribution in [0, 0.1) is 10.1 Å². The monoisotopic (exact) mass is 413 g/mol. The number of aromatic nitrogens is 1. The summed E-state index contributed by atoms with van der Waals surface area (Å²) >= 11 is 0. The van der Waals surface area contributed by atoms with Crippen molar-refractivity contribution in [1.29, 1.82) is 0 Å². The summed E-state index contributed by atoms with van der Waals surface area (Å²) in [6, 6.07) is 23.8. The van der Waals surface area contributed by atoms with Gasteiger partial charge in [-0.2, -0.15) is 5.10 Å². The van der Waals surface area contributed by atoms with E-state index in [-0.39, 0.29) is 18.1 Å². The van der Waals surface area contributed by atoms with Crippen molar-refractivity contribution in [2.75, 3.05) is 11.9 Å². The van der Waals surface area contributed by atoms with Crippen molar-refractivity contribution in [3.05, 3.63) is 101 Å². The van der Waals surface area contributed by atoms with E-state index in [1.807, 2.05) is 65.4 Å². The first-order chi connectivity index (χ1) is 15.1. The molecule has 1 heterocycles. The van der Waals surface area contributed by atoms with Crippen LogP contribution >= 0.6 is 0 Å². The SMILES string of the molecule is O=C(CNc1ccc2ccccc2c1)N/N=C/c1cccn1-c1ccc([N+](=O)[O-])cc1. The van der Waals surface area contributed by atoms with Crippen molar-refractivity contribution in [2.45, 2.75) is 0 Å². The van der Waals surface area contributed by atoms with E-state index < -0.39 is 4.92 Å². The van der Waals surface area contributed by atoms with Crippen molar-refractivity contribution >= 4 is 34.3 Å². The van der Waals surface area contributed by atoms with Crippen LogP contribution < -0.4 is 10.7 Å². The van der Waals surface area contributed by atoms with Gasteiger partial charge in [0.15, 0.2) is 0 Å². The Morgan fingerprint density at radius 2 is 1.77 bits per heavy atom. The van der Waals surface area contributed by atoms with Crippen LogP contribution in [0.5, 0.6) is 0 Å². The van der Waals surface area contributed by atoms with Crippen LogP contribution in [0.1, 0.15) is 5.69 Å².